The summed E-state index contributed by atoms with van der Waals surface area (Å²) >= 11 is 0. The number of nitrogens with two attached hydrogens (primary N) is 1. The van der Waals surface area contributed by atoms with Gasteiger partial charge in [-0.05, 0) is 12.0 Å². The Kier molecular flexibility index (Phi) is 4.52. The van der Waals surface area contributed by atoms with Gasteiger partial charge in [-0.15, -0.1) is 0 Å². The molecule has 0 spiro atoms. The third-order valence-corrected chi connectivity index (χ3v) is 3.19. The largest absolute Gasteiger partial charge is 0.369 e. The van der Waals surface area contributed by atoms with Gasteiger partial charge >= 0.3 is 0 Å². The maximum Gasteiger partial charge on any atom is 0.148 e. The smallest absolute Gasteiger partial charge is 0.148 e. The molecule has 2 aromatic rings. The second kappa shape index (κ2) is 6.33. The number of nitrogens with zero attached hydrogens (tertiary/aromatic N) is 4. The van der Waals surface area contributed by atoms with Gasteiger partial charge in [0.15, 0.2) is 0 Å². The minimum atomic E-state index is 0.279. The second-order valence-corrected chi connectivity index (χ2v) is 4.91. The number of hydrogen-bond acceptors (Lipinski definition) is 6. The quantitative estimate of drug-likeness (QED) is 0.543. The molecule has 0 radical (unpaired) electrons. The molecule has 0 unspecified atom stereocenters. The van der Waals surface area contributed by atoms with E-state index in [0.29, 0.717) is 5.82 Å². The molecule has 2 rings (SSSR count). The normalized spacial score (nSPS) is 10.8. The average Bonchev–Trinajstić information content (AvgIpc) is 2.84. The summed E-state index contributed by atoms with van der Waals surface area (Å²) in [7, 11) is 1.94. The van der Waals surface area contributed by atoms with Crippen LogP contribution in [0.25, 0.3) is 0 Å². The Morgan fingerprint density at radius 1 is 1.30 bits per heavy atom. The first-order valence-corrected chi connectivity index (χ1v) is 6.65. The lowest BCUT2D eigenvalue weighted by atomic mass is 10.0. The van der Waals surface area contributed by atoms with Crippen LogP contribution >= 0.6 is 0 Å². The number of aromatic nitrogens is 4. The van der Waals surface area contributed by atoms with Gasteiger partial charge in [0.25, 0.3) is 0 Å². The summed E-state index contributed by atoms with van der Waals surface area (Å²) in [4.78, 5) is 8.46. The first-order chi connectivity index (χ1) is 9.63. The number of nitrogen functional groups attached to an aromatic ring is 1. The number of rotatable bonds is 6. The molecular weight excluding hydrogens is 254 g/mol. The fourth-order valence-electron chi connectivity index (χ4n) is 2.15. The van der Waals surface area contributed by atoms with Crippen molar-refractivity contribution in [2.45, 2.75) is 26.2 Å². The van der Waals surface area contributed by atoms with E-state index in [4.69, 9.17) is 5.84 Å². The lowest BCUT2D eigenvalue weighted by molar-refractivity contribution is 0.710. The predicted molar refractivity (Wildman–Crippen MR) is 79.3 cm³/mol. The van der Waals surface area contributed by atoms with Crippen molar-refractivity contribution in [2.75, 3.05) is 17.3 Å². The van der Waals surface area contributed by atoms with E-state index in [1.54, 1.807) is 6.20 Å². The van der Waals surface area contributed by atoms with Crippen LogP contribution in [-0.2, 0) is 13.5 Å². The van der Waals surface area contributed by atoms with E-state index in [9.17, 15) is 0 Å². The van der Waals surface area contributed by atoms with Crippen LogP contribution in [0.5, 0.6) is 0 Å². The van der Waals surface area contributed by atoms with Crippen molar-refractivity contribution in [3.63, 3.8) is 0 Å². The maximum absolute atomic E-state index is 5.50. The summed E-state index contributed by atoms with van der Waals surface area (Å²) in [6, 6.07) is 2.01. The molecule has 2 heterocycles. The van der Waals surface area contributed by atoms with Gasteiger partial charge in [-0.25, -0.2) is 15.8 Å². The zero-order chi connectivity index (χ0) is 14.5. The molecule has 2 aromatic heterocycles. The number of nitrogens with one attached hydrogen (secondary N) is 2. The molecule has 0 saturated carbocycles. The summed E-state index contributed by atoms with van der Waals surface area (Å²) in [6.45, 7) is 4.96. The van der Waals surface area contributed by atoms with E-state index >= 15 is 0 Å². The van der Waals surface area contributed by atoms with Crippen LogP contribution in [0, 0.1) is 0 Å². The zero-order valence-corrected chi connectivity index (χ0v) is 12.1. The first kappa shape index (κ1) is 14.3. The van der Waals surface area contributed by atoms with Crippen LogP contribution < -0.4 is 16.6 Å². The first-order valence-electron chi connectivity index (χ1n) is 6.65. The molecule has 0 fully saturated rings. The van der Waals surface area contributed by atoms with Crippen molar-refractivity contribution < 1.29 is 0 Å². The molecule has 7 nitrogen and oxygen atoms in total. The predicted octanol–water partition coefficient (Wildman–Crippen LogP) is 1.27. The van der Waals surface area contributed by atoms with Crippen LogP contribution in [0.1, 0.15) is 31.0 Å². The Labute approximate surface area is 118 Å². The Morgan fingerprint density at radius 3 is 2.65 bits per heavy atom. The van der Waals surface area contributed by atoms with Gasteiger partial charge in [-0.1, -0.05) is 13.8 Å². The Balaban J connectivity index is 2.07. The van der Waals surface area contributed by atoms with Gasteiger partial charge in [-0.3, -0.25) is 4.68 Å². The van der Waals surface area contributed by atoms with Crippen molar-refractivity contribution in [1.82, 2.24) is 19.7 Å². The Morgan fingerprint density at radius 2 is 2.05 bits per heavy atom. The SMILES string of the molecule is CC(C)c1c(NN)ncnc1NCCc1ccnn1C. The fourth-order valence-corrected chi connectivity index (χ4v) is 2.15. The molecule has 0 aliphatic carbocycles. The van der Waals surface area contributed by atoms with E-state index < -0.39 is 0 Å². The third-order valence-electron chi connectivity index (χ3n) is 3.19. The molecule has 7 heteroatoms. The molecule has 0 aromatic carbocycles. The highest BCUT2D eigenvalue weighted by atomic mass is 15.3. The second-order valence-electron chi connectivity index (χ2n) is 4.91. The van der Waals surface area contributed by atoms with Gasteiger partial charge in [0.05, 0.1) is 0 Å². The van der Waals surface area contributed by atoms with E-state index in [2.05, 4.69) is 39.7 Å². The van der Waals surface area contributed by atoms with Crippen LogP contribution in [0.3, 0.4) is 0 Å². The van der Waals surface area contributed by atoms with Gasteiger partial charge < -0.3 is 10.7 Å². The lowest BCUT2D eigenvalue weighted by Crippen LogP contribution is -2.16. The number of aryl methyl sites for hydroxylation is 1. The fraction of sp³-hybridized carbons (Fsp3) is 0.462. The molecule has 4 N–H and O–H groups in total. The van der Waals surface area contributed by atoms with E-state index in [-0.39, 0.29) is 5.92 Å². The molecule has 0 atom stereocenters. The monoisotopic (exact) mass is 275 g/mol. The molecule has 0 aliphatic heterocycles. The molecule has 108 valence electrons. The van der Waals surface area contributed by atoms with Crippen molar-refractivity contribution in [3.8, 4) is 0 Å². The topological polar surface area (TPSA) is 93.7 Å². The third kappa shape index (κ3) is 3.05. The van der Waals surface area contributed by atoms with Crippen LogP contribution in [0.4, 0.5) is 11.6 Å². The number of anilines is 2. The van der Waals surface area contributed by atoms with Crippen molar-refractivity contribution >= 4 is 11.6 Å². The Hall–Kier alpha value is -2.15. The van der Waals surface area contributed by atoms with E-state index in [1.165, 1.54) is 12.0 Å². The molecule has 20 heavy (non-hydrogen) atoms. The van der Waals surface area contributed by atoms with Gasteiger partial charge in [0.1, 0.15) is 18.0 Å². The van der Waals surface area contributed by atoms with E-state index in [0.717, 1.165) is 24.3 Å². The summed E-state index contributed by atoms with van der Waals surface area (Å²) in [5.41, 5.74) is 4.80. The zero-order valence-electron chi connectivity index (χ0n) is 12.1. The molecular formula is C13H21N7. The highest BCUT2D eigenvalue weighted by Crippen LogP contribution is 2.27. The van der Waals surface area contributed by atoms with Crippen LogP contribution in [0.2, 0.25) is 0 Å². The summed E-state index contributed by atoms with van der Waals surface area (Å²) in [5.74, 6) is 7.27. The van der Waals surface area contributed by atoms with Crippen molar-refractivity contribution in [1.29, 1.82) is 0 Å². The van der Waals surface area contributed by atoms with E-state index in [1.807, 2.05) is 17.8 Å². The van der Waals surface area contributed by atoms with Crippen LogP contribution in [-0.4, -0.2) is 26.3 Å². The van der Waals surface area contributed by atoms with Gasteiger partial charge in [-0.2, -0.15) is 5.10 Å². The number of hydrazine groups is 1. The molecule has 0 amide bonds. The minimum absolute atomic E-state index is 0.279. The Bertz CT molecular complexity index is 562. The van der Waals surface area contributed by atoms with Crippen LogP contribution in [0.15, 0.2) is 18.6 Å². The van der Waals surface area contributed by atoms with Crippen molar-refractivity contribution in [2.24, 2.45) is 12.9 Å². The summed E-state index contributed by atoms with van der Waals surface area (Å²) < 4.78 is 1.87. The van der Waals surface area contributed by atoms with Gasteiger partial charge in [0.2, 0.25) is 0 Å². The maximum atomic E-state index is 5.50. The molecule has 0 aliphatic rings. The standard InChI is InChI=1S/C13H21N7/c1-9(2)11-12(16-8-17-13(11)19-14)15-6-4-10-5-7-18-20(10)3/h5,7-9H,4,6,14H2,1-3H3,(H2,15,16,17,19). The number of hydrogen-bond donors (Lipinski definition) is 3. The summed E-state index contributed by atoms with van der Waals surface area (Å²) in [5, 5.41) is 7.50. The average molecular weight is 275 g/mol. The van der Waals surface area contributed by atoms with Crippen molar-refractivity contribution in [3.05, 3.63) is 29.8 Å². The summed E-state index contributed by atoms with van der Waals surface area (Å²) in [6.07, 6.45) is 4.19. The van der Waals surface area contributed by atoms with Gasteiger partial charge in [0, 0.05) is 37.5 Å². The minimum Gasteiger partial charge on any atom is -0.369 e. The highest BCUT2D eigenvalue weighted by Gasteiger charge is 2.14. The lowest BCUT2D eigenvalue weighted by Gasteiger charge is -2.16. The molecule has 0 bridgehead atoms. The molecule has 0 saturated heterocycles. The highest BCUT2D eigenvalue weighted by molar-refractivity contribution is 5.58.